The van der Waals surface area contributed by atoms with E-state index in [1.807, 2.05) is 36.4 Å². The van der Waals surface area contributed by atoms with Crippen molar-refractivity contribution in [2.45, 2.75) is 31.2 Å². The third-order valence-corrected chi connectivity index (χ3v) is 4.34. The van der Waals surface area contributed by atoms with Gasteiger partial charge in [-0.05, 0) is 35.7 Å². The number of nitrogens with one attached hydrogen (secondary N) is 1. The van der Waals surface area contributed by atoms with Crippen molar-refractivity contribution in [3.63, 3.8) is 0 Å². The van der Waals surface area contributed by atoms with Crippen LogP contribution in [0, 0.1) is 0 Å². The van der Waals surface area contributed by atoms with Crippen LogP contribution in [0.25, 0.3) is 10.8 Å². The van der Waals surface area contributed by atoms with Gasteiger partial charge in [0.05, 0.1) is 0 Å². The molecular formula is C18H19NO4. The first kappa shape index (κ1) is 15.3. The number of aliphatic carboxylic acids is 1. The Bertz CT molecular complexity index is 735. The molecule has 0 heterocycles. The molecule has 3 rings (SSSR count). The Morgan fingerprint density at radius 1 is 1.09 bits per heavy atom. The van der Waals surface area contributed by atoms with Crippen molar-refractivity contribution in [2.24, 2.45) is 0 Å². The van der Waals surface area contributed by atoms with Gasteiger partial charge in [0.25, 0.3) is 5.91 Å². The van der Waals surface area contributed by atoms with Gasteiger partial charge >= 0.3 is 5.97 Å². The lowest BCUT2D eigenvalue weighted by atomic mass is 9.98. The predicted octanol–water partition coefficient (Wildman–Crippen LogP) is 2.73. The lowest BCUT2D eigenvalue weighted by Gasteiger charge is -2.25. The van der Waals surface area contributed by atoms with E-state index in [1.165, 1.54) is 0 Å². The van der Waals surface area contributed by atoms with Gasteiger partial charge in [-0.3, -0.25) is 4.79 Å². The summed E-state index contributed by atoms with van der Waals surface area (Å²) in [6, 6.07) is 13.5. The Morgan fingerprint density at radius 3 is 2.48 bits per heavy atom. The molecule has 0 unspecified atom stereocenters. The maximum Gasteiger partial charge on any atom is 0.329 e. The minimum atomic E-state index is -1.12. The van der Waals surface area contributed by atoms with E-state index in [-0.39, 0.29) is 6.61 Å². The monoisotopic (exact) mass is 313 g/mol. The summed E-state index contributed by atoms with van der Waals surface area (Å²) in [7, 11) is 0. The number of fused-ring (bicyclic) bond motifs is 1. The van der Waals surface area contributed by atoms with E-state index in [9.17, 15) is 14.7 Å². The third kappa shape index (κ3) is 3.28. The third-order valence-electron chi connectivity index (χ3n) is 4.34. The molecule has 0 aromatic heterocycles. The Kier molecular flexibility index (Phi) is 4.19. The zero-order chi connectivity index (χ0) is 16.3. The summed E-state index contributed by atoms with van der Waals surface area (Å²) < 4.78 is 5.51. The molecule has 120 valence electrons. The normalized spacial score (nSPS) is 16.2. The van der Waals surface area contributed by atoms with Crippen molar-refractivity contribution in [1.82, 2.24) is 5.32 Å². The number of carboxylic acid groups (broad SMARTS) is 1. The van der Waals surface area contributed by atoms with Crippen LogP contribution in [0.3, 0.4) is 0 Å². The summed E-state index contributed by atoms with van der Waals surface area (Å²) in [6.45, 7) is -0.187. The summed E-state index contributed by atoms with van der Waals surface area (Å²) in [4.78, 5) is 23.5. The number of carbonyl (C=O) groups excluding carboxylic acids is 1. The number of benzene rings is 2. The molecule has 1 aliphatic carbocycles. The van der Waals surface area contributed by atoms with Crippen LogP contribution in [0.1, 0.15) is 25.7 Å². The Balaban J connectivity index is 1.62. The van der Waals surface area contributed by atoms with Gasteiger partial charge in [0.2, 0.25) is 0 Å². The summed E-state index contributed by atoms with van der Waals surface area (Å²) in [5, 5.41) is 14.1. The largest absolute Gasteiger partial charge is 0.484 e. The number of rotatable bonds is 5. The second-order valence-electron chi connectivity index (χ2n) is 5.94. The number of amides is 1. The molecule has 0 radical (unpaired) electrons. The molecular weight excluding hydrogens is 294 g/mol. The number of hydrogen-bond donors (Lipinski definition) is 2. The summed E-state index contributed by atoms with van der Waals surface area (Å²) >= 11 is 0. The molecule has 5 nitrogen and oxygen atoms in total. The Hall–Kier alpha value is -2.56. The second-order valence-corrected chi connectivity index (χ2v) is 5.94. The van der Waals surface area contributed by atoms with Gasteiger partial charge < -0.3 is 15.2 Å². The number of ether oxygens (including phenoxy) is 1. The average Bonchev–Trinajstić information content (AvgIpc) is 3.02. The first-order chi connectivity index (χ1) is 11.1. The van der Waals surface area contributed by atoms with Gasteiger partial charge in [0.15, 0.2) is 6.61 Å². The van der Waals surface area contributed by atoms with Crippen molar-refractivity contribution in [1.29, 1.82) is 0 Å². The molecule has 1 saturated carbocycles. The number of carbonyl (C=O) groups is 2. The zero-order valence-corrected chi connectivity index (χ0v) is 12.7. The molecule has 0 bridgehead atoms. The maximum absolute atomic E-state index is 12.0. The molecule has 2 N–H and O–H groups in total. The van der Waals surface area contributed by atoms with E-state index in [2.05, 4.69) is 5.32 Å². The molecule has 1 fully saturated rings. The summed E-state index contributed by atoms with van der Waals surface area (Å²) in [5.41, 5.74) is -1.12. The summed E-state index contributed by atoms with van der Waals surface area (Å²) in [5.74, 6) is -0.772. The minimum absolute atomic E-state index is 0.187. The highest BCUT2D eigenvalue weighted by atomic mass is 16.5. The number of carboxylic acids is 1. The predicted molar refractivity (Wildman–Crippen MR) is 86.4 cm³/mol. The van der Waals surface area contributed by atoms with Crippen LogP contribution in [-0.2, 0) is 9.59 Å². The quantitative estimate of drug-likeness (QED) is 0.890. The van der Waals surface area contributed by atoms with E-state index < -0.39 is 17.4 Å². The highest BCUT2D eigenvalue weighted by Gasteiger charge is 2.42. The molecule has 1 amide bonds. The van der Waals surface area contributed by atoms with Crippen LogP contribution in [0.5, 0.6) is 5.75 Å². The fourth-order valence-electron chi connectivity index (χ4n) is 3.08. The van der Waals surface area contributed by atoms with Gasteiger partial charge in [0.1, 0.15) is 11.3 Å². The first-order valence-corrected chi connectivity index (χ1v) is 7.75. The molecule has 2 aromatic carbocycles. The molecule has 0 spiro atoms. The fourth-order valence-corrected chi connectivity index (χ4v) is 3.08. The number of hydrogen-bond acceptors (Lipinski definition) is 3. The van der Waals surface area contributed by atoms with Gasteiger partial charge in [-0.1, -0.05) is 43.2 Å². The maximum atomic E-state index is 12.0. The SMILES string of the molecule is O=C(COc1ccc2ccccc2c1)NC1(C(=O)O)CCCC1. The second kappa shape index (κ2) is 6.28. The van der Waals surface area contributed by atoms with Crippen LogP contribution >= 0.6 is 0 Å². The lowest BCUT2D eigenvalue weighted by Crippen LogP contribution is -2.53. The Labute approximate surface area is 134 Å². The van der Waals surface area contributed by atoms with Crippen LogP contribution in [0.2, 0.25) is 0 Å². The van der Waals surface area contributed by atoms with Crippen molar-refractivity contribution < 1.29 is 19.4 Å². The van der Waals surface area contributed by atoms with E-state index in [4.69, 9.17) is 4.74 Å². The molecule has 5 heteroatoms. The van der Waals surface area contributed by atoms with Crippen LogP contribution in [0.15, 0.2) is 42.5 Å². The van der Waals surface area contributed by atoms with Crippen molar-refractivity contribution in [3.05, 3.63) is 42.5 Å². The topological polar surface area (TPSA) is 75.6 Å². The van der Waals surface area contributed by atoms with Crippen LogP contribution in [-0.4, -0.2) is 29.1 Å². The zero-order valence-electron chi connectivity index (χ0n) is 12.7. The van der Waals surface area contributed by atoms with Crippen molar-refractivity contribution in [3.8, 4) is 5.75 Å². The van der Waals surface area contributed by atoms with Gasteiger partial charge in [0, 0.05) is 0 Å². The van der Waals surface area contributed by atoms with E-state index >= 15 is 0 Å². The standard InChI is InChI=1S/C18H19NO4/c20-16(19-18(17(21)22)9-3-4-10-18)12-23-15-8-7-13-5-1-2-6-14(13)11-15/h1-2,5-8,11H,3-4,9-10,12H2,(H,19,20)(H,21,22). The Morgan fingerprint density at radius 2 is 1.78 bits per heavy atom. The first-order valence-electron chi connectivity index (χ1n) is 7.75. The molecule has 23 heavy (non-hydrogen) atoms. The smallest absolute Gasteiger partial charge is 0.329 e. The molecule has 0 atom stereocenters. The molecule has 0 saturated heterocycles. The van der Waals surface area contributed by atoms with Crippen molar-refractivity contribution >= 4 is 22.6 Å². The van der Waals surface area contributed by atoms with Gasteiger partial charge in [-0.2, -0.15) is 0 Å². The molecule has 2 aromatic rings. The lowest BCUT2D eigenvalue weighted by molar-refractivity contribution is -0.147. The van der Waals surface area contributed by atoms with Gasteiger partial charge in [-0.25, -0.2) is 4.79 Å². The highest BCUT2D eigenvalue weighted by molar-refractivity contribution is 5.88. The van der Waals surface area contributed by atoms with E-state index in [1.54, 1.807) is 6.07 Å². The highest BCUT2D eigenvalue weighted by Crippen LogP contribution is 2.30. The molecule has 1 aliphatic rings. The van der Waals surface area contributed by atoms with Crippen LogP contribution < -0.4 is 10.1 Å². The fraction of sp³-hybridized carbons (Fsp3) is 0.333. The molecule has 0 aliphatic heterocycles. The average molecular weight is 313 g/mol. The minimum Gasteiger partial charge on any atom is -0.484 e. The van der Waals surface area contributed by atoms with E-state index in [0.29, 0.717) is 18.6 Å². The van der Waals surface area contributed by atoms with E-state index in [0.717, 1.165) is 23.6 Å². The van der Waals surface area contributed by atoms with Crippen LogP contribution in [0.4, 0.5) is 0 Å². The summed E-state index contributed by atoms with van der Waals surface area (Å²) in [6.07, 6.45) is 2.59. The van der Waals surface area contributed by atoms with Crippen molar-refractivity contribution in [2.75, 3.05) is 6.61 Å². The van der Waals surface area contributed by atoms with Gasteiger partial charge in [-0.15, -0.1) is 0 Å².